The van der Waals surface area contributed by atoms with Crippen LogP contribution in [0.4, 0.5) is 0 Å². The minimum Gasteiger partial charge on any atom is -0.370 e. The molecule has 0 spiro atoms. The normalized spacial score (nSPS) is 15.5. The summed E-state index contributed by atoms with van der Waals surface area (Å²) in [7, 11) is 0. The van der Waals surface area contributed by atoms with Gasteiger partial charge in [0.15, 0.2) is 0 Å². The lowest BCUT2D eigenvalue weighted by Crippen LogP contribution is -2.45. The van der Waals surface area contributed by atoms with Crippen molar-refractivity contribution in [2.75, 3.05) is 6.54 Å². The van der Waals surface area contributed by atoms with E-state index in [0.29, 0.717) is 12.3 Å². The van der Waals surface area contributed by atoms with Gasteiger partial charge in [0.1, 0.15) is 0 Å². The van der Waals surface area contributed by atoms with E-state index in [1.165, 1.54) is 0 Å². The monoisotopic (exact) mass is 200 g/mol. The number of hydrogen-bond acceptors (Lipinski definition) is 2. The molecule has 0 aromatic carbocycles. The molecule has 0 aliphatic heterocycles. The third kappa shape index (κ3) is 5.97. The van der Waals surface area contributed by atoms with Gasteiger partial charge in [0.25, 0.3) is 0 Å². The van der Waals surface area contributed by atoms with Crippen molar-refractivity contribution >= 4 is 5.91 Å². The van der Waals surface area contributed by atoms with Crippen molar-refractivity contribution in [3.8, 4) is 0 Å². The van der Waals surface area contributed by atoms with Gasteiger partial charge in [-0.1, -0.05) is 20.8 Å². The summed E-state index contributed by atoms with van der Waals surface area (Å²) in [5.41, 5.74) is 5.12. The SMILES string of the molecule is CCNC(C)(CCC(C)C)CC(N)=O. The first-order valence-electron chi connectivity index (χ1n) is 5.43. The fourth-order valence-corrected chi connectivity index (χ4v) is 1.66. The Kier molecular flexibility index (Phi) is 5.77. The van der Waals surface area contributed by atoms with Crippen LogP contribution in [0.15, 0.2) is 0 Å². The molecular weight excluding hydrogens is 176 g/mol. The van der Waals surface area contributed by atoms with Crippen molar-refractivity contribution < 1.29 is 4.79 Å². The average molecular weight is 200 g/mol. The van der Waals surface area contributed by atoms with Crippen molar-refractivity contribution in [3.05, 3.63) is 0 Å². The number of carbonyl (C=O) groups excluding carboxylic acids is 1. The van der Waals surface area contributed by atoms with E-state index >= 15 is 0 Å². The maximum absolute atomic E-state index is 10.9. The van der Waals surface area contributed by atoms with Gasteiger partial charge in [-0.3, -0.25) is 4.79 Å². The molecule has 0 bridgehead atoms. The Hall–Kier alpha value is -0.570. The first kappa shape index (κ1) is 13.4. The molecule has 0 radical (unpaired) electrons. The van der Waals surface area contributed by atoms with Crippen LogP contribution in [0.2, 0.25) is 0 Å². The Morgan fingerprint density at radius 2 is 2.07 bits per heavy atom. The molecule has 3 nitrogen and oxygen atoms in total. The number of nitrogens with two attached hydrogens (primary N) is 1. The van der Waals surface area contributed by atoms with E-state index in [9.17, 15) is 4.79 Å². The third-order valence-electron chi connectivity index (χ3n) is 2.44. The Balaban J connectivity index is 4.15. The van der Waals surface area contributed by atoms with E-state index in [1.54, 1.807) is 0 Å². The standard InChI is InChI=1S/C11H24N2O/c1-5-13-11(4,8-10(12)14)7-6-9(2)3/h9,13H,5-8H2,1-4H3,(H2,12,14). The molecule has 0 saturated heterocycles. The van der Waals surface area contributed by atoms with Crippen LogP contribution in [-0.2, 0) is 4.79 Å². The number of hydrogen-bond donors (Lipinski definition) is 2. The maximum atomic E-state index is 10.9. The fourth-order valence-electron chi connectivity index (χ4n) is 1.66. The zero-order valence-corrected chi connectivity index (χ0v) is 9.89. The predicted octanol–water partition coefficient (Wildman–Crippen LogP) is 1.67. The summed E-state index contributed by atoms with van der Waals surface area (Å²) in [5, 5.41) is 3.34. The molecule has 1 unspecified atom stereocenters. The maximum Gasteiger partial charge on any atom is 0.219 e. The Bertz CT molecular complexity index is 180. The summed E-state index contributed by atoms with van der Waals surface area (Å²) < 4.78 is 0. The number of nitrogens with one attached hydrogen (secondary N) is 1. The second-order valence-corrected chi connectivity index (χ2v) is 4.67. The van der Waals surface area contributed by atoms with Crippen LogP contribution in [0.1, 0.15) is 47.0 Å². The highest BCUT2D eigenvalue weighted by atomic mass is 16.1. The second kappa shape index (κ2) is 6.02. The van der Waals surface area contributed by atoms with Crippen LogP contribution in [0.25, 0.3) is 0 Å². The van der Waals surface area contributed by atoms with Gasteiger partial charge in [-0.2, -0.15) is 0 Å². The molecule has 0 aromatic rings. The Morgan fingerprint density at radius 1 is 1.50 bits per heavy atom. The molecule has 0 heterocycles. The first-order valence-corrected chi connectivity index (χ1v) is 5.43. The molecule has 0 aromatic heterocycles. The lowest BCUT2D eigenvalue weighted by Gasteiger charge is -2.30. The van der Waals surface area contributed by atoms with Gasteiger partial charge in [0.05, 0.1) is 0 Å². The van der Waals surface area contributed by atoms with Gasteiger partial charge in [-0.15, -0.1) is 0 Å². The summed E-state index contributed by atoms with van der Waals surface area (Å²) in [6.45, 7) is 9.38. The van der Waals surface area contributed by atoms with Gasteiger partial charge in [-0.05, 0) is 32.2 Å². The molecule has 84 valence electrons. The van der Waals surface area contributed by atoms with E-state index in [2.05, 4.69) is 33.0 Å². The van der Waals surface area contributed by atoms with E-state index in [-0.39, 0.29) is 11.4 Å². The van der Waals surface area contributed by atoms with E-state index in [0.717, 1.165) is 19.4 Å². The molecule has 3 N–H and O–H groups in total. The van der Waals surface area contributed by atoms with Crippen LogP contribution in [-0.4, -0.2) is 18.0 Å². The summed E-state index contributed by atoms with van der Waals surface area (Å²) in [6, 6.07) is 0. The summed E-state index contributed by atoms with van der Waals surface area (Å²) in [4.78, 5) is 10.9. The van der Waals surface area contributed by atoms with Gasteiger partial charge in [0.2, 0.25) is 5.91 Å². The quantitative estimate of drug-likeness (QED) is 0.657. The van der Waals surface area contributed by atoms with Crippen LogP contribution in [0, 0.1) is 5.92 Å². The fraction of sp³-hybridized carbons (Fsp3) is 0.909. The molecule has 1 amide bonds. The molecule has 0 aliphatic rings. The topological polar surface area (TPSA) is 55.1 Å². The molecule has 0 fully saturated rings. The zero-order chi connectivity index (χ0) is 11.2. The highest BCUT2D eigenvalue weighted by molar-refractivity contribution is 5.75. The van der Waals surface area contributed by atoms with Crippen LogP contribution in [0.5, 0.6) is 0 Å². The smallest absolute Gasteiger partial charge is 0.219 e. The van der Waals surface area contributed by atoms with Gasteiger partial charge in [-0.25, -0.2) is 0 Å². The van der Waals surface area contributed by atoms with Crippen molar-refractivity contribution in [2.45, 2.75) is 52.5 Å². The van der Waals surface area contributed by atoms with Crippen molar-refractivity contribution in [1.29, 1.82) is 0 Å². The summed E-state index contributed by atoms with van der Waals surface area (Å²) in [6.07, 6.45) is 2.55. The number of amides is 1. The highest BCUT2D eigenvalue weighted by Gasteiger charge is 2.25. The average Bonchev–Trinajstić information content (AvgIpc) is 2.00. The van der Waals surface area contributed by atoms with E-state index in [1.807, 2.05) is 0 Å². The van der Waals surface area contributed by atoms with Gasteiger partial charge < -0.3 is 11.1 Å². The van der Waals surface area contributed by atoms with Crippen LogP contribution < -0.4 is 11.1 Å². The highest BCUT2D eigenvalue weighted by Crippen LogP contribution is 2.19. The predicted molar refractivity (Wildman–Crippen MR) is 60.0 cm³/mol. The minimum atomic E-state index is -0.225. The van der Waals surface area contributed by atoms with Crippen LogP contribution in [0.3, 0.4) is 0 Å². The molecule has 0 rings (SSSR count). The number of primary amides is 1. The summed E-state index contributed by atoms with van der Waals surface area (Å²) in [5.74, 6) is 0.443. The lowest BCUT2D eigenvalue weighted by molar-refractivity contribution is -0.119. The molecule has 1 atom stereocenters. The zero-order valence-electron chi connectivity index (χ0n) is 9.89. The van der Waals surface area contributed by atoms with Crippen molar-refractivity contribution in [1.82, 2.24) is 5.32 Å². The number of rotatable bonds is 7. The first-order chi connectivity index (χ1) is 6.39. The Labute approximate surface area is 87.4 Å². The molecule has 0 aliphatic carbocycles. The van der Waals surface area contributed by atoms with Gasteiger partial charge in [0, 0.05) is 12.0 Å². The largest absolute Gasteiger partial charge is 0.370 e. The lowest BCUT2D eigenvalue weighted by atomic mass is 9.88. The van der Waals surface area contributed by atoms with Crippen LogP contribution >= 0.6 is 0 Å². The van der Waals surface area contributed by atoms with Gasteiger partial charge >= 0.3 is 0 Å². The van der Waals surface area contributed by atoms with Crippen molar-refractivity contribution in [3.63, 3.8) is 0 Å². The van der Waals surface area contributed by atoms with Crippen molar-refractivity contribution in [2.24, 2.45) is 11.7 Å². The third-order valence-corrected chi connectivity index (χ3v) is 2.44. The summed E-state index contributed by atoms with van der Waals surface area (Å²) >= 11 is 0. The molecule has 14 heavy (non-hydrogen) atoms. The second-order valence-electron chi connectivity index (χ2n) is 4.67. The van der Waals surface area contributed by atoms with E-state index < -0.39 is 0 Å². The Morgan fingerprint density at radius 3 is 2.43 bits per heavy atom. The molecular formula is C11H24N2O. The van der Waals surface area contributed by atoms with E-state index in [4.69, 9.17) is 5.73 Å². The minimum absolute atomic E-state index is 0.120. The number of carbonyl (C=O) groups is 1. The molecule has 0 saturated carbocycles. The molecule has 3 heteroatoms.